The molecule has 0 unspecified atom stereocenters. The van der Waals surface area contributed by atoms with Gasteiger partial charge in [-0.3, -0.25) is 4.79 Å². The molecule has 0 radical (unpaired) electrons. The first-order chi connectivity index (χ1) is 8.79. The van der Waals surface area contributed by atoms with Crippen LogP contribution in [-0.4, -0.2) is 26.3 Å². The van der Waals surface area contributed by atoms with Gasteiger partial charge in [0.05, 0.1) is 32.8 Å². The van der Waals surface area contributed by atoms with Crippen LogP contribution in [0.15, 0.2) is 24.3 Å². The summed E-state index contributed by atoms with van der Waals surface area (Å²) in [5, 5.41) is 0. The van der Waals surface area contributed by atoms with Crippen LogP contribution in [0, 0.1) is 17.8 Å². The molecular weight excluding hydrogens is 232 g/mol. The molecule has 1 aliphatic carbocycles. The Hall–Kier alpha value is -1.55. The van der Waals surface area contributed by atoms with Crippen molar-refractivity contribution in [1.82, 2.24) is 0 Å². The summed E-state index contributed by atoms with van der Waals surface area (Å²) in [6.07, 6.45) is 0. The van der Waals surface area contributed by atoms with Gasteiger partial charge in [-0.2, -0.15) is 0 Å². The minimum absolute atomic E-state index is 0.0435. The third-order valence-corrected chi connectivity index (χ3v) is 3.76. The quantitative estimate of drug-likeness (QED) is 0.743. The summed E-state index contributed by atoms with van der Waals surface area (Å²) >= 11 is 0. The lowest BCUT2D eigenvalue weighted by atomic mass is 10.2. The topological polar surface area (TPSA) is 44.8 Å². The van der Waals surface area contributed by atoms with Crippen LogP contribution in [0.2, 0.25) is 0 Å². The second kappa shape index (κ2) is 4.61. The van der Waals surface area contributed by atoms with Gasteiger partial charge in [0, 0.05) is 11.8 Å². The number of hydrogen-bond donors (Lipinski definition) is 0. The lowest BCUT2D eigenvalue weighted by Crippen LogP contribution is -2.09. The van der Waals surface area contributed by atoms with Gasteiger partial charge >= 0.3 is 5.97 Å². The number of cyclic esters (lactones) is 1. The number of esters is 1. The van der Waals surface area contributed by atoms with Gasteiger partial charge in [-0.05, 0) is 17.7 Å². The van der Waals surface area contributed by atoms with E-state index in [-0.39, 0.29) is 11.9 Å². The Balaban J connectivity index is 1.44. The maximum absolute atomic E-state index is 11.2. The van der Waals surface area contributed by atoms with Crippen LogP contribution in [-0.2, 0) is 20.9 Å². The first-order valence-electron chi connectivity index (χ1n) is 6.17. The zero-order valence-electron chi connectivity index (χ0n) is 10.3. The molecule has 0 N–H and O–H groups in total. The Bertz CT molecular complexity index is 440. The summed E-state index contributed by atoms with van der Waals surface area (Å²) in [5.41, 5.74) is 1.11. The van der Waals surface area contributed by atoms with E-state index in [4.69, 9.17) is 14.2 Å². The molecule has 1 heterocycles. The summed E-state index contributed by atoms with van der Waals surface area (Å²) in [5.74, 6) is 1.70. The van der Waals surface area contributed by atoms with E-state index in [1.165, 1.54) is 0 Å². The maximum atomic E-state index is 11.2. The number of ether oxygens (including phenoxy) is 3. The summed E-state index contributed by atoms with van der Waals surface area (Å²) in [6, 6.07) is 7.81. The highest BCUT2D eigenvalue weighted by Gasteiger charge is 2.60. The average Bonchev–Trinajstić information content (AvgIpc) is 2.96. The van der Waals surface area contributed by atoms with E-state index in [1.807, 2.05) is 24.3 Å². The van der Waals surface area contributed by atoms with Crippen molar-refractivity contribution in [1.29, 1.82) is 0 Å². The molecule has 3 atom stereocenters. The van der Waals surface area contributed by atoms with E-state index in [2.05, 4.69) is 0 Å². The molecule has 0 aromatic heterocycles. The first kappa shape index (κ1) is 11.5. The fourth-order valence-electron chi connectivity index (χ4n) is 2.56. The lowest BCUT2D eigenvalue weighted by Gasteiger charge is -2.07. The molecule has 3 rings (SSSR count). The van der Waals surface area contributed by atoms with E-state index < -0.39 is 0 Å². The van der Waals surface area contributed by atoms with Crippen molar-refractivity contribution in [2.24, 2.45) is 17.8 Å². The number of rotatable bonds is 5. The van der Waals surface area contributed by atoms with Gasteiger partial charge in [-0.25, -0.2) is 0 Å². The predicted molar refractivity (Wildman–Crippen MR) is 64.1 cm³/mol. The molecular formula is C14H16O4. The Morgan fingerprint density at radius 3 is 2.72 bits per heavy atom. The van der Waals surface area contributed by atoms with Crippen molar-refractivity contribution in [3.8, 4) is 5.75 Å². The minimum atomic E-state index is -0.0435. The fraction of sp³-hybridized carbons (Fsp3) is 0.500. The Morgan fingerprint density at radius 1 is 1.33 bits per heavy atom. The molecule has 2 fully saturated rings. The van der Waals surface area contributed by atoms with Gasteiger partial charge in [-0.1, -0.05) is 12.1 Å². The second-order valence-electron chi connectivity index (χ2n) is 4.85. The average molecular weight is 248 g/mol. The van der Waals surface area contributed by atoms with Crippen molar-refractivity contribution >= 4 is 5.97 Å². The summed E-state index contributed by atoms with van der Waals surface area (Å²) in [7, 11) is 1.65. The van der Waals surface area contributed by atoms with Crippen molar-refractivity contribution < 1.29 is 19.0 Å². The zero-order chi connectivity index (χ0) is 12.5. The smallest absolute Gasteiger partial charge is 0.309 e. The second-order valence-corrected chi connectivity index (χ2v) is 4.85. The van der Waals surface area contributed by atoms with Crippen molar-refractivity contribution in [3.05, 3.63) is 29.8 Å². The van der Waals surface area contributed by atoms with Crippen LogP contribution >= 0.6 is 0 Å². The molecule has 1 saturated heterocycles. The predicted octanol–water partition coefficient (Wildman–Crippen LogP) is 1.63. The Kier molecular flexibility index (Phi) is 2.96. The maximum Gasteiger partial charge on any atom is 0.309 e. The number of methoxy groups -OCH3 is 1. The first-order valence-corrected chi connectivity index (χ1v) is 6.17. The van der Waals surface area contributed by atoms with Gasteiger partial charge in [-0.15, -0.1) is 0 Å². The molecule has 1 aliphatic heterocycles. The van der Waals surface area contributed by atoms with E-state index in [0.717, 1.165) is 11.3 Å². The highest BCUT2D eigenvalue weighted by molar-refractivity contribution is 5.79. The molecule has 2 aliphatic rings. The summed E-state index contributed by atoms with van der Waals surface area (Å²) < 4.78 is 15.7. The van der Waals surface area contributed by atoms with Crippen LogP contribution in [0.5, 0.6) is 5.75 Å². The molecule has 0 bridgehead atoms. The molecule has 1 aromatic carbocycles. The van der Waals surface area contributed by atoms with Gasteiger partial charge < -0.3 is 14.2 Å². The van der Waals surface area contributed by atoms with E-state index >= 15 is 0 Å². The van der Waals surface area contributed by atoms with Gasteiger partial charge in [0.2, 0.25) is 0 Å². The molecule has 18 heavy (non-hydrogen) atoms. The fourth-order valence-corrected chi connectivity index (χ4v) is 2.56. The van der Waals surface area contributed by atoms with Gasteiger partial charge in [0.1, 0.15) is 5.75 Å². The van der Waals surface area contributed by atoms with E-state index in [0.29, 0.717) is 31.7 Å². The molecule has 4 heteroatoms. The number of benzene rings is 1. The van der Waals surface area contributed by atoms with Crippen LogP contribution in [0.3, 0.4) is 0 Å². The molecule has 0 amide bonds. The molecule has 1 saturated carbocycles. The lowest BCUT2D eigenvalue weighted by molar-refractivity contribution is -0.142. The number of fused-ring (bicyclic) bond motifs is 1. The molecule has 0 spiro atoms. The normalized spacial score (nSPS) is 28.7. The van der Waals surface area contributed by atoms with Crippen molar-refractivity contribution in [3.63, 3.8) is 0 Å². The number of hydrogen-bond acceptors (Lipinski definition) is 4. The van der Waals surface area contributed by atoms with Crippen LogP contribution < -0.4 is 4.74 Å². The van der Waals surface area contributed by atoms with Crippen molar-refractivity contribution in [2.45, 2.75) is 6.61 Å². The third kappa shape index (κ3) is 2.08. The number of carbonyl (C=O) groups excluding carboxylic acids is 1. The van der Waals surface area contributed by atoms with Crippen LogP contribution in [0.1, 0.15) is 5.56 Å². The van der Waals surface area contributed by atoms with Crippen LogP contribution in [0.4, 0.5) is 0 Å². The summed E-state index contributed by atoms with van der Waals surface area (Å²) in [4.78, 5) is 11.2. The molecule has 1 aromatic rings. The largest absolute Gasteiger partial charge is 0.497 e. The highest BCUT2D eigenvalue weighted by Crippen LogP contribution is 2.51. The van der Waals surface area contributed by atoms with E-state index in [9.17, 15) is 4.79 Å². The third-order valence-electron chi connectivity index (χ3n) is 3.76. The van der Waals surface area contributed by atoms with E-state index in [1.54, 1.807) is 7.11 Å². The zero-order valence-corrected chi connectivity index (χ0v) is 10.3. The summed E-state index contributed by atoms with van der Waals surface area (Å²) in [6.45, 7) is 1.81. The SMILES string of the molecule is COc1ccc(COC[C@H]2[C@@H]3COC(=O)[C@H]23)cc1. The monoisotopic (exact) mass is 248 g/mol. The standard InChI is InChI=1S/C14H16O4/c1-16-10-4-2-9(3-5-10)6-17-7-11-12-8-18-14(15)13(11)12/h2-5,11-13H,6-8H2,1H3/t11-,12-,13+/m0/s1. The van der Waals surface area contributed by atoms with Gasteiger partial charge in [0.25, 0.3) is 0 Å². The minimum Gasteiger partial charge on any atom is -0.497 e. The number of carbonyl (C=O) groups is 1. The van der Waals surface area contributed by atoms with Crippen LogP contribution in [0.25, 0.3) is 0 Å². The van der Waals surface area contributed by atoms with Gasteiger partial charge in [0.15, 0.2) is 0 Å². The molecule has 96 valence electrons. The Morgan fingerprint density at radius 2 is 2.11 bits per heavy atom. The highest BCUT2D eigenvalue weighted by atomic mass is 16.5. The Labute approximate surface area is 106 Å². The molecule has 4 nitrogen and oxygen atoms in total. The van der Waals surface area contributed by atoms with Crippen molar-refractivity contribution in [2.75, 3.05) is 20.3 Å².